The first-order chi connectivity index (χ1) is 13.2. The van der Waals surface area contributed by atoms with Crippen LogP contribution < -0.4 is 21.1 Å². The molecule has 2 rings (SSSR count). The van der Waals surface area contributed by atoms with Crippen molar-refractivity contribution in [3.63, 3.8) is 0 Å². The van der Waals surface area contributed by atoms with Crippen LogP contribution in [0.15, 0.2) is 42.5 Å². The standard InChI is InChI=1S/C19H23N5O3S/c1-12(2)13-5-7-14(8-6-13)20-19(28)22-21-18(25)16-11-15(24(26)27)9-10-17(16)23(3)4/h5-12H,1-4H3,(H,21,25)(H2,20,22,28). The Hall–Kier alpha value is -3.20. The van der Waals surface area contributed by atoms with Crippen LogP contribution in [0.2, 0.25) is 0 Å². The normalized spacial score (nSPS) is 10.3. The van der Waals surface area contributed by atoms with Crippen LogP contribution in [0.1, 0.15) is 35.7 Å². The minimum absolute atomic E-state index is 0.163. The predicted octanol–water partition coefficient (Wildman–Crippen LogP) is 3.42. The maximum Gasteiger partial charge on any atom is 0.272 e. The molecule has 0 atom stereocenters. The van der Waals surface area contributed by atoms with Gasteiger partial charge in [-0.2, -0.15) is 0 Å². The minimum Gasteiger partial charge on any atom is -0.377 e. The summed E-state index contributed by atoms with van der Waals surface area (Å²) in [6.45, 7) is 4.22. The molecule has 0 aromatic heterocycles. The molecule has 148 valence electrons. The zero-order chi connectivity index (χ0) is 20.8. The van der Waals surface area contributed by atoms with Gasteiger partial charge in [0.1, 0.15) is 0 Å². The molecule has 1 amide bonds. The number of hydrogen-bond acceptors (Lipinski definition) is 5. The zero-order valence-electron chi connectivity index (χ0n) is 16.1. The molecule has 9 heteroatoms. The van der Waals surface area contributed by atoms with Crippen LogP contribution in [0.5, 0.6) is 0 Å². The fraction of sp³-hybridized carbons (Fsp3) is 0.263. The average Bonchev–Trinajstić information content (AvgIpc) is 2.65. The zero-order valence-corrected chi connectivity index (χ0v) is 17.0. The quantitative estimate of drug-likeness (QED) is 0.401. The van der Waals surface area contributed by atoms with E-state index in [2.05, 4.69) is 30.0 Å². The van der Waals surface area contributed by atoms with Crippen molar-refractivity contribution in [3.8, 4) is 0 Å². The second-order valence-corrected chi connectivity index (χ2v) is 7.07. The lowest BCUT2D eigenvalue weighted by Gasteiger charge is -2.18. The van der Waals surface area contributed by atoms with Crippen molar-refractivity contribution in [2.24, 2.45) is 0 Å². The third-order valence-electron chi connectivity index (χ3n) is 4.04. The van der Waals surface area contributed by atoms with E-state index in [4.69, 9.17) is 12.2 Å². The summed E-state index contributed by atoms with van der Waals surface area (Å²) in [5.74, 6) is -0.106. The van der Waals surface area contributed by atoms with E-state index in [-0.39, 0.29) is 16.4 Å². The van der Waals surface area contributed by atoms with Crippen LogP contribution in [-0.2, 0) is 0 Å². The molecular weight excluding hydrogens is 378 g/mol. The highest BCUT2D eigenvalue weighted by Gasteiger charge is 2.18. The number of thiocarbonyl (C=S) groups is 1. The molecule has 0 aliphatic carbocycles. The van der Waals surface area contributed by atoms with E-state index < -0.39 is 10.8 Å². The van der Waals surface area contributed by atoms with Gasteiger partial charge in [-0.25, -0.2) is 0 Å². The molecule has 0 heterocycles. The molecular formula is C19H23N5O3S. The number of nitrogens with zero attached hydrogens (tertiary/aromatic N) is 2. The summed E-state index contributed by atoms with van der Waals surface area (Å²) in [6, 6.07) is 11.9. The number of nitro benzene ring substituents is 1. The summed E-state index contributed by atoms with van der Waals surface area (Å²) in [4.78, 5) is 24.7. The monoisotopic (exact) mass is 401 g/mol. The molecule has 28 heavy (non-hydrogen) atoms. The Balaban J connectivity index is 2.03. The molecule has 2 aromatic carbocycles. The van der Waals surface area contributed by atoms with Crippen LogP contribution in [-0.4, -0.2) is 30.0 Å². The van der Waals surface area contributed by atoms with Gasteiger partial charge in [0.2, 0.25) is 0 Å². The molecule has 0 saturated heterocycles. The first-order valence-electron chi connectivity index (χ1n) is 8.62. The first kappa shape index (κ1) is 21.1. The molecule has 8 nitrogen and oxygen atoms in total. The Kier molecular flexibility index (Phi) is 6.89. The van der Waals surface area contributed by atoms with Gasteiger partial charge in [0.15, 0.2) is 5.11 Å². The van der Waals surface area contributed by atoms with E-state index in [1.165, 1.54) is 23.8 Å². The van der Waals surface area contributed by atoms with E-state index in [1.807, 2.05) is 24.3 Å². The van der Waals surface area contributed by atoms with Crippen LogP contribution in [0.4, 0.5) is 17.1 Å². The van der Waals surface area contributed by atoms with Gasteiger partial charge >= 0.3 is 0 Å². The number of nitro groups is 1. The number of hydrazine groups is 1. The molecule has 0 spiro atoms. The number of rotatable bonds is 5. The molecule has 0 unspecified atom stereocenters. The maximum atomic E-state index is 12.5. The van der Waals surface area contributed by atoms with Gasteiger partial charge in [0.05, 0.1) is 10.5 Å². The number of anilines is 2. The van der Waals surface area contributed by atoms with Gasteiger partial charge in [0, 0.05) is 37.6 Å². The van der Waals surface area contributed by atoms with Gasteiger partial charge in [-0.05, 0) is 41.9 Å². The minimum atomic E-state index is -0.545. The van der Waals surface area contributed by atoms with Gasteiger partial charge in [-0.15, -0.1) is 0 Å². The molecule has 0 radical (unpaired) electrons. The molecule has 2 aromatic rings. The molecule has 0 aliphatic heterocycles. The Morgan fingerprint density at radius 3 is 2.29 bits per heavy atom. The molecule has 0 saturated carbocycles. The second kappa shape index (κ2) is 9.14. The Morgan fingerprint density at radius 1 is 1.11 bits per heavy atom. The van der Waals surface area contributed by atoms with Gasteiger partial charge in [-0.3, -0.25) is 25.8 Å². The third kappa shape index (κ3) is 5.40. The van der Waals surface area contributed by atoms with Crippen molar-refractivity contribution in [2.75, 3.05) is 24.3 Å². The summed E-state index contributed by atoms with van der Waals surface area (Å²) in [7, 11) is 3.50. The number of carbonyl (C=O) groups is 1. The van der Waals surface area contributed by atoms with Crippen LogP contribution in [0.3, 0.4) is 0 Å². The molecule has 0 bridgehead atoms. The predicted molar refractivity (Wildman–Crippen MR) is 115 cm³/mol. The first-order valence-corrected chi connectivity index (χ1v) is 9.03. The Bertz CT molecular complexity index is 882. The van der Waals surface area contributed by atoms with Gasteiger partial charge in [-0.1, -0.05) is 26.0 Å². The van der Waals surface area contributed by atoms with E-state index in [9.17, 15) is 14.9 Å². The van der Waals surface area contributed by atoms with Crippen LogP contribution in [0.25, 0.3) is 0 Å². The van der Waals surface area contributed by atoms with Gasteiger partial charge < -0.3 is 10.2 Å². The third-order valence-corrected chi connectivity index (χ3v) is 4.25. The highest BCUT2D eigenvalue weighted by Crippen LogP contribution is 2.24. The lowest BCUT2D eigenvalue weighted by molar-refractivity contribution is -0.384. The topological polar surface area (TPSA) is 99.5 Å². The highest BCUT2D eigenvalue weighted by atomic mass is 32.1. The highest BCUT2D eigenvalue weighted by molar-refractivity contribution is 7.80. The van der Waals surface area contributed by atoms with Crippen molar-refractivity contribution >= 4 is 40.3 Å². The van der Waals surface area contributed by atoms with Crippen LogP contribution in [0, 0.1) is 10.1 Å². The largest absolute Gasteiger partial charge is 0.377 e. The Morgan fingerprint density at radius 2 is 1.75 bits per heavy atom. The van der Waals surface area contributed by atoms with E-state index >= 15 is 0 Å². The van der Waals surface area contributed by atoms with Crippen molar-refractivity contribution in [2.45, 2.75) is 19.8 Å². The lowest BCUT2D eigenvalue weighted by atomic mass is 10.0. The Labute approximate surface area is 169 Å². The number of benzene rings is 2. The summed E-state index contributed by atoms with van der Waals surface area (Å²) in [5, 5.41) is 14.2. The molecule has 0 aliphatic rings. The van der Waals surface area contributed by atoms with Crippen molar-refractivity contribution in [3.05, 3.63) is 63.7 Å². The van der Waals surface area contributed by atoms with Crippen LogP contribution >= 0.6 is 12.2 Å². The second-order valence-electron chi connectivity index (χ2n) is 6.66. The number of nitrogens with one attached hydrogen (secondary N) is 3. The number of amides is 1. The number of carbonyl (C=O) groups excluding carboxylic acids is 1. The summed E-state index contributed by atoms with van der Waals surface area (Å²) in [5.41, 5.74) is 7.62. The summed E-state index contributed by atoms with van der Waals surface area (Å²) < 4.78 is 0. The van der Waals surface area contributed by atoms with Crippen molar-refractivity contribution in [1.82, 2.24) is 10.9 Å². The molecule has 0 fully saturated rings. The van der Waals surface area contributed by atoms with Crippen molar-refractivity contribution in [1.29, 1.82) is 0 Å². The smallest absolute Gasteiger partial charge is 0.272 e. The van der Waals surface area contributed by atoms with E-state index in [0.717, 1.165) is 5.69 Å². The fourth-order valence-electron chi connectivity index (χ4n) is 2.50. The summed E-state index contributed by atoms with van der Waals surface area (Å²) >= 11 is 5.18. The maximum absolute atomic E-state index is 12.5. The number of non-ortho nitro benzene ring substituents is 1. The number of hydrogen-bond donors (Lipinski definition) is 3. The lowest BCUT2D eigenvalue weighted by Crippen LogP contribution is -2.44. The fourth-order valence-corrected chi connectivity index (χ4v) is 2.67. The SMILES string of the molecule is CC(C)c1ccc(NC(=S)NNC(=O)c2cc([N+](=O)[O-])ccc2N(C)C)cc1. The molecule has 3 N–H and O–H groups in total. The van der Waals surface area contributed by atoms with Crippen molar-refractivity contribution < 1.29 is 9.72 Å². The van der Waals surface area contributed by atoms with Gasteiger partial charge in [0.25, 0.3) is 11.6 Å². The summed E-state index contributed by atoms with van der Waals surface area (Å²) in [6.07, 6.45) is 0. The van der Waals surface area contributed by atoms with E-state index in [0.29, 0.717) is 11.6 Å². The van der Waals surface area contributed by atoms with E-state index in [1.54, 1.807) is 19.0 Å². The average molecular weight is 401 g/mol.